The van der Waals surface area contributed by atoms with Crippen LogP contribution in [0.1, 0.15) is 22.7 Å². The summed E-state index contributed by atoms with van der Waals surface area (Å²) in [7, 11) is 0. The van der Waals surface area contributed by atoms with E-state index in [9.17, 15) is 14.4 Å². The van der Waals surface area contributed by atoms with E-state index in [1.54, 1.807) is 61.2 Å². The highest BCUT2D eigenvalue weighted by Gasteiger charge is 2.23. The lowest BCUT2D eigenvalue weighted by Gasteiger charge is -2.15. The van der Waals surface area contributed by atoms with Gasteiger partial charge in [0.05, 0.1) is 29.2 Å². The van der Waals surface area contributed by atoms with Crippen LogP contribution in [-0.2, 0) is 4.79 Å². The number of nitrogens with zero attached hydrogens (tertiary/aromatic N) is 5. The van der Waals surface area contributed by atoms with Crippen molar-refractivity contribution in [2.45, 2.75) is 5.92 Å². The highest BCUT2D eigenvalue weighted by atomic mass is 19.1. The molecule has 8 heteroatoms. The summed E-state index contributed by atoms with van der Waals surface area (Å²) < 4.78 is 13.5. The van der Waals surface area contributed by atoms with Crippen LogP contribution in [0.3, 0.4) is 0 Å². The topological polar surface area (TPSA) is 118 Å². The summed E-state index contributed by atoms with van der Waals surface area (Å²) in [6.45, 7) is 0. The van der Waals surface area contributed by atoms with E-state index in [0.29, 0.717) is 28.1 Å². The molecular formula is C23H15FN6O. The van der Waals surface area contributed by atoms with Crippen molar-refractivity contribution < 1.29 is 9.18 Å². The molecule has 150 valence electrons. The van der Waals surface area contributed by atoms with Crippen molar-refractivity contribution in [2.75, 3.05) is 0 Å². The van der Waals surface area contributed by atoms with Crippen molar-refractivity contribution >= 4 is 5.91 Å². The van der Waals surface area contributed by atoms with Crippen LogP contribution >= 0.6 is 0 Å². The minimum absolute atomic E-state index is 0.283. The first-order chi connectivity index (χ1) is 15.1. The van der Waals surface area contributed by atoms with Gasteiger partial charge in [0.15, 0.2) is 0 Å². The van der Waals surface area contributed by atoms with Crippen LogP contribution in [0, 0.1) is 17.3 Å². The molecule has 0 bridgehead atoms. The van der Waals surface area contributed by atoms with Gasteiger partial charge in [-0.15, -0.1) is 0 Å². The fraction of sp³-hybridized carbons (Fsp3) is 0.0435. The first-order valence-corrected chi connectivity index (χ1v) is 9.24. The molecule has 3 heterocycles. The molecule has 0 saturated carbocycles. The second-order valence-electron chi connectivity index (χ2n) is 6.68. The highest BCUT2D eigenvalue weighted by molar-refractivity contribution is 5.86. The van der Waals surface area contributed by atoms with E-state index in [2.05, 4.69) is 26.0 Å². The van der Waals surface area contributed by atoms with Gasteiger partial charge in [-0.05, 0) is 41.0 Å². The molecule has 0 spiro atoms. The largest absolute Gasteiger partial charge is 0.369 e. The first kappa shape index (κ1) is 19.8. The second-order valence-corrected chi connectivity index (χ2v) is 6.68. The minimum atomic E-state index is -0.855. The number of primary amides is 1. The van der Waals surface area contributed by atoms with E-state index in [-0.39, 0.29) is 5.56 Å². The molecule has 0 aliphatic rings. The van der Waals surface area contributed by atoms with Gasteiger partial charge in [0.25, 0.3) is 0 Å². The zero-order valence-electron chi connectivity index (χ0n) is 16.1. The van der Waals surface area contributed by atoms with Crippen molar-refractivity contribution in [3.63, 3.8) is 0 Å². The summed E-state index contributed by atoms with van der Waals surface area (Å²) in [5.41, 5.74) is 9.34. The maximum absolute atomic E-state index is 13.5. The lowest BCUT2D eigenvalue weighted by molar-refractivity contribution is -0.118. The Hall–Kier alpha value is -4.51. The van der Waals surface area contributed by atoms with Gasteiger partial charge in [-0.2, -0.15) is 9.65 Å². The van der Waals surface area contributed by atoms with Gasteiger partial charge in [-0.25, -0.2) is 4.98 Å². The van der Waals surface area contributed by atoms with Gasteiger partial charge in [0, 0.05) is 36.4 Å². The van der Waals surface area contributed by atoms with E-state index in [0.717, 1.165) is 5.56 Å². The molecule has 0 aliphatic carbocycles. The number of carbonyl (C=O) groups is 1. The maximum atomic E-state index is 13.5. The Labute approximate surface area is 177 Å². The summed E-state index contributed by atoms with van der Waals surface area (Å²) in [6, 6.07) is 13.3. The van der Waals surface area contributed by atoms with Crippen LogP contribution in [0.25, 0.3) is 22.4 Å². The zero-order valence-corrected chi connectivity index (χ0v) is 16.1. The number of pyridine rings is 2. The fourth-order valence-electron chi connectivity index (χ4n) is 3.31. The number of hydrogen-bond acceptors (Lipinski definition) is 6. The van der Waals surface area contributed by atoms with Crippen molar-refractivity contribution in [2.24, 2.45) is 5.73 Å². The molecular weight excluding hydrogens is 395 g/mol. The van der Waals surface area contributed by atoms with Gasteiger partial charge < -0.3 is 5.73 Å². The zero-order chi connectivity index (χ0) is 21.8. The summed E-state index contributed by atoms with van der Waals surface area (Å²) in [6.07, 6.45) is 7.69. The van der Waals surface area contributed by atoms with E-state index < -0.39 is 17.8 Å². The van der Waals surface area contributed by atoms with Gasteiger partial charge in [0.2, 0.25) is 11.9 Å². The van der Waals surface area contributed by atoms with E-state index in [4.69, 9.17) is 5.73 Å². The number of amides is 1. The Balaban J connectivity index is 1.72. The number of nitriles is 1. The molecule has 4 rings (SSSR count). The van der Waals surface area contributed by atoms with Gasteiger partial charge in [-0.3, -0.25) is 19.7 Å². The van der Waals surface area contributed by atoms with Crippen LogP contribution in [0.2, 0.25) is 0 Å². The third-order valence-corrected chi connectivity index (χ3v) is 4.76. The number of hydrogen-bond donors (Lipinski definition) is 1. The maximum Gasteiger partial charge on any atom is 0.231 e. The number of nitrogens with two attached hydrogens (primary N) is 1. The molecule has 31 heavy (non-hydrogen) atoms. The fourth-order valence-corrected chi connectivity index (χ4v) is 3.31. The second kappa shape index (κ2) is 8.47. The molecule has 1 amide bonds. The van der Waals surface area contributed by atoms with E-state index in [1.165, 1.54) is 12.3 Å². The number of rotatable bonds is 5. The molecule has 3 aromatic heterocycles. The number of carbonyl (C=O) groups excluding carboxylic acids is 1. The predicted molar refractivity (Wildman–Crippen MR) is 111 cm³/mol. The average Bonchev–Trinajstić information content (AvgIpc) is 2.80. The monoisotopic (exact) mass is 410 g/mol. The third-order valence-electron chi connectivity index (χ3n) is 4.76. The van der Waals surface area contributed by atoms with Crippen LogP contribution in [-0.4, -0.2) is 25.8 Å². The molecule has 4 aromatic rings. The first-order valence-electron chi connectivity index (χ1n) is 9.24. The molecule has 7 nitrogen and oxygen atoms in total. The number of halogens is 1. The average molecular weight is 410 g/mol. The van der Waals surface area contributed by atoms with Crippen LogP contribution in [0.15, 0.2) is 73.4 Å². The third kappa shape index (κ3) is 4.11. The van der Waals surface area contributed by atoms with E-state index >= 15 is 0 Å². The van der Waals surface area contributed by atoms with Crippen molar-refractivity contribution in [3.05, 3.63) is 96.2 Å². The summed E-state index contributed by atoms with van der Waals surface area (Å²) in [5, 5.41) is 9.62. The van der Waals surface area contributed by atoms with Gasteiger partial charge >= 0.3 is 0 Å². The number of aromatic nitrogens is 4. The van der Waals surface area contributed by atoms with Gasteiger partial charge in [-0.1, -0.05) is 12.1 Å². The molecule has 0 radical (unpaired) electrons. The minimum Gasteiger partial charge on any atom is -0.369 e. The Morgan fingerprint density at radius 3 is 2.48 bits per heavy atom. The highest BCUT2D eigenvalue weighted by Crippen LogP contribution is 2.30. The quantitative estimate of drug-likeness (QED) is 0.505. The molecule has 1 atom stereocenters. The normalized spacial score (nSPS) is 11.5. The van der Waals surface area contributed by atoms with Crippen molar-refractivity contribution in [1.29, 1.82) is 5.26 Å². The lowest BCUT2D eigenvalue weighted by atomic mass is 9.90. The van der Waals surface area contributed by atoms with Crippen molar-refractivity contribution in [3.8, 4) is 28.5 Å². The molecule has 0 fully saturated rings. The van der Waals surface area contributed by atoms with Gasteiger partial charge in [0.1, 0.15) is 5.92 Å². The van der Waals surface area contributed by atoms with Crippen LogP contribution in [0.4, 0.5) is 4.39 Å². The van der Waals surface area contributed by atoms with Crippen LogP contribution < -0.4 is 5.73 Å². The SMILES string of the molecule is N#Cc1cc(C(C(N)=O)c2ccc(-c3cnccn3)cn2)ccc1-c1ccnc(F)c1. The number of benzene rings is 1. The Kier molecular flexibility index (Phi) is 5.41. The Morgan fingerprint density at radius 2 is 1.84 bits per heavy atom. The summed E-state index contributed by atoms with van der Waals surface area (Å²) >= 11 is 0. The standard InChI is InChI=1S/C23H15FN6O/c24-21-10-14(5-6-29-21)18-3-1-15(9-17(18)11-25)22(23(26)31)19-4-2-16(12-30-19)20-13-27-7-8-28-20/h1-10,12-13,22H,(H2,26,31). The lowest BCUT2D eigenvalue weighted by Crippen LogP contribution is -2.23. The molecule has 1 aromatic carbocycles. The summed E-state index contributed by atoms with van der Waals surface area (Å²) in [5.74, 6) is -2.11. The van der Waals surface area contributed by atoms with Crippen molar-refractivity contribution in [1.82, 2.24) is 19.9 Å². The predicted octanol–water partition coefficient (Wildman–Crippen LogP) is 3.23. The molecule has 0 saturated heterocycles. The van der Waals surface area contributed by atoms with E-state index in [1.807, 2.05) is 0 Å². The summed E-state index contributed by atoms with van der Waals surface area (Å²) in [4.78, 5) is 28.4. The molecule has 0 aliphatic heterocycles. The molecule has 2 N–H and O–H groups in total. The smallest absolute Gasteiger partial charge is 0.231 e. The van der Waals surface area contributed by atoms with Crippen LogP contribution in [0.5, 0.6) is 0 Å². The molecule has 1 unspecified atom stereocenters. The Bertz CT molecular complexity index is 1290. The Morgan fingerprint density at radius 1 is 0.968 bits per heavy atom.